The first kappa shape index (κ1) is 14.8. The van der Waals surface area contributed by atoms with Crippen molar-refractivity contribution < 1.29 is 19.1 Å². The first-order chi connectivity index (χ1) is 10.6. The summed E-state index contributed by atoms with van der Waals surface area (Å²) >= 11 is 0. The number of nitrogens with zero attached hydrogens (tertiary/aromatic N) is 1. The lowest BCUT2D eigenvalue weighted by Crippen LogP contribution is -2.45. The molecule has 0 spiro atoms. The monoisotopic (exact) mass is 301 g/mol. The zero-order valence-corrected chi connectivity index (χ0v) is 12.5. The van der Waals surface area contributed by atoms with Crippen molar-refractivity contribution in [3.63, 3.8) is 0 Å². The molecule has 2 saturated heterocycles. The fourth-order valence-corrected chi connectivity index (χ4v) is 3.26. The van der Waals surface area contributed by atoms with Gasteiger partial charge >= 0.3 is 5.97 Å². The van der Waals surface area contributed by atoms with Crippen LogP contribution < -0.4 is 0 Å². The van der Waals surface area contributed by atoms with Crippen LogP contribution in [0, 0.1) is 5.92 Å². The number of hydrogen-bond donors (Lipinski definition) is 0. The molecule has 5 heteroatoms. The Morgan fingerprint density at radius 3 is 2.91 bits per heavy atom. The maximum Gasteiger partial charge on any atom is 0.318 e. The summed E-state index contributed by atoms with van der Waals surface area (Å²) in [5, 5.41) is 0. The molecule has 5 nitrogen and oxygen atoms in total. The third-order valence-electron chi connectivity index (χ3n) is 4.36. The average molecular weight is 301 g/mol. The van der Waals surface area contributed by atoms with Crippen molar-refractivity contribution in [2.24, 2.45) is 5.92 Å². The molecule has 3 atom stereocenters. The fourth-order valence-electron chi connectivity index (χ4n) is 3.26. The molecule has 0 bridgehead atoms. The maximum absolute atomic E-state index is 12.7. The summed E-state index contributed by atoms with van der Waals surface area (Å²) in [6.45, 7) is 5.94. The van der Waals surface area contributed by atoms with Gasteiger partial charge in [-0.05, 0) is 13.3 Å². The van der Waals surface area contributed by atoms with Crippen LogP contribution in [0.1, 0.15) is 18.9 Å². The van der Waals surface area contributed by atoms with E-state index in [1.807, 2.05) is 37.3 Å². The molecule has 0 saturated carbocycles. The van der Waals surface area contributed by atoms with Gasteiger partial charge in [0, 0.05) is 5.56 Å². The highest BCUT2D eigenvalue weighted by atomic mass is 16.5. The minimum Gasteiger partial charge on any atom is -0.461 e. The Kier molecular flexibility index (Phi) is 3.74. The molecule has 0 radical (unpaired) electrons. The third-order valence-corrected chi connectivity index (χ3v) is 4.36. The molecule has 3 rings (SSSR count). The number of carbonyl (C=O) groups excluding carboxylic acids is 2. The Balaban J connectivity index is 1.84. The molecular formula is C17H19NO4. The Bertz CT molecular complexity index is 600. The Morgan fingerprint density at radius 2 is 2.23 bits per heavy atom. The summed E-state index contributed by atoms with van der Waals surface area (Å²) in [6, 6.07) is 9.51. The molecular weight excluding hydrogens is 282 g/mol. The molecule has 1 amide bonds. The second-order valence-corrected chi connectivity index (χ2v) is 5.73. The normalized spacial score (nSPS) is 30.2. The summed E-state index contributed by atoms with van der Waals surface area (Å²) in [4.78, 5) is 26.4. The van der Waals surface area contributed by atoms with Gasteiger partial charge in [-0.1, -0.05) is 43.0 Å². The van der Waals surface area contributed by atoms with E-state index in [9.17, 15) is 9.59 Å². The highest BCUT2D eigenvalue weighted by molar-refractivity contribution is 6.00. The van der Waals surface area contributed by atoms with E-state index in [2.05, 4.69) is 6.58 Å². The van der Waals surface area contributed by atoms with Crippen LogP contribution in [-0.2, 0) is 24.8 Å². The molecule has 0 N–H and O–H groups in total. The first-order valence-electron chi connectivity index (χ1n) is 7.38. The van der Waals surface area contributed by atoms with E-state index in [0.29, 0.717) is 13.0 Å². The number of fused-ring (bicyclic) bond motifs is 1. The largest absolute Gasteiger partial charge is 0.461 e. The van der Waals surface area contributed by atoms with Crippen LogP contribution in [-0.4, -0.2) is 36.0 Å². The highest BCUT2D eigenvalue weighted by Gasteiger charge is 2.56. The van der Waals surface area contributed by atoms with Crippen LogP contribution in [0.2, 0.25) is 0 Å². The van der Waals surface area contributed by atoms with Gasteiger partial charge in [0.25, 0.3) is 0 Å². The van der Waals surface area contributed by atoms with Gasteiger partial charge in [-0.2, -0.15) is 0 Å². The molecule has 22 heavy (non-hydrogen) atoms. The van der Waals surface area contributed by atoms with Gasteiger partial charge in [0.1, 0.15) is 12.5 Å². The lowest BCUT2D eigenvalue weighted by molar-refractivity contribution is -0.158. The number of ether oxygens (including phenoxy) is 2. The SMILES string of the molecule is C=CCOC(=O)[C@@H]1C[C@H]2CO[C@](C)(c3ccccc3)N2C1=O. The second kappa shape index (κ2) is 5.57. The van der Waals surface area contributed by atoms with Crippen molar-refractivity contribution in [2.75, 3.05) is 13.2 Å². The minimum atomic E-state index is -0.823. The topological polar surface area (TPSA) is 55.8 Å². The number of carbonyl (C=O) groups is 2. The van der Waals surface area contributed by atoms with Gasteiger partial charge in [0.05, 0.1) is 12.6 Å². The summed E-state index contributed by atoms with van der Waals surface area (Å²) in [5.41, 5.74) is 0.0854. The molecule has 2 fully saturated rings. The van der Waals surface area contributed by atoms with Crippen molar-refractivity contribution in [3.05, 3.63) is 48.6 Å². The van der Waals surface area contributed by atoms with Gasteiger partial charge < -0.3 is 14.4 Å². The van der Waals surface area contributed by atoms with Gasteiger partial charge in [-0.3, -0.25) is 9.59 Å². The summed E-state index contributed by atoms with van der Waals surface area (Å²) in [5.74, 6) is -1.44. The van der Waals surface area contributed by atoms with Crippen molar-refractivity contribution >= 4 is 11.9 Å². The van der Waals surface area contributed by atoms with E-state index in [0.717, 1.165) is 5.56 Å². The number of esters is 1. The molecule has 2 aliphatic heterocycles. The van der Waals surface area contributed by atoms with Crippen LogP contribution in [0.15, 0.2) is 43.0 Å². The second-order valence-electron chi connectivity index (χ2n) is 5.73. The Hall–Kier alpha value is -2.14. The zero-order chi connectivity index (χ0) is 15.7. The zero-order valence-electron chi connectivity index (χ0n) is 12.5. The molecule has 1 aromatic carbocycles. The molecule has 1 aromatic rings. The third kappa shape index (κ3) is 2.22. The van der Waals surface area contributed by atoms with E-state index in [1.54, 1.807) is 4.90 Å². The number of hydrogen-bond acceptors (Lipinski definition) is 4. The van der Waals surface area contributed by atoms with Crippen molar-refractivity contribution in [1.29, 1.82) is 0 Å². The van der Waals surface area contributed by atoms with E-state index >= 15 is 0 Å². The van der Waals surface area contributed by atoms with Crippen LogP contribution in [0.4, 0.5) is 0 Å². The van der Waals surface area contributed by atoms with Gasteiger partial charge in [-0.15, -0.1) is 0 Å². The maximum atomic E-state index is 12.7. The summed E-state index contributed by atoms with van der Waals surface area (Å²) in [7, 11) is 0. The molecule has 2 aliphatic rings. The quantitative estimate of drug-likeness (QED) is 0.484. The Labute approximate surface area is 129 Å². The molecule has 0 unspecified atom stereocenters. The summed E-state index contributed by atoms with van der Waals surface area (Å²) in [6.07, 6.45) is 1.94. The fraction of sp³-hybridized carbons (Fsp3) is 0.412. The van der Waals surface area contributed by atoms with Crippen LogP contribution >= 0.6 is 0 Å². The lowest BCUT2D eigenvalue weighted by atomic mass is 10.0. The van der Waals surface area contributed by atoms with Crippen molar-refractivity contribution in [1.82, 2.24) is 4.90 Å². The van der Waals surface area contributed by atoms with Crippen LogP contribution in [0.25, 0.3) is 0 Å². The molecule has 116 valence electrons. The highest BCUT2D eigenvalue weighted by Crippen LogP contribution is 2.44. The molecule has 0 aliphatic carbocycles. The van der Waals surface area contributed by atoms with Gasteiger partial charge in [0.15, 0.2) is 5.72 Å². The van der Waals surface area contributed by atoms with E-state index in [1.165, 1.54) is 6.08 Å². The lowest BCUT2D eigenvalue weighted by Gasteiger charge is -2.34. The smallest absolute Gasteiger partial charge is 0.318 e. The van der Waals surface area contributed by atoms with Gasteiger partial charge in [0.2, 0.25) is 5.91 Å². The first-order valence-corrected chi connectivity index (χ1v) is 7.38. The van der Waals surface area contributed by atoms with E-state index in [4.69, 9.17) is 9.47 Å². The van der Waals surface area contributed by atoms with Crippen LogP contribution in [0.5, 0.6) is 0 Å². The Morgan fingerprint density at radius 1 is 1.50 bits per heavy atom. The number of benzene rings is 1. The number of rotatable bonds is 4. The van der Waals surface area contributed by atoms with Crippen LogP contribution in [0.3, 0.4) is 0 Å². The average Bonchev–Trinajstić information content (AvgIpc) is 3.05. The van der Waals surface area contributed by atoms with E-state index in [-0.39, 0.29) is 18.6 Å². The number of amides is 1. The van der Waals surface area contributed by atoms with Crippen molar-refractivity contribution in [3.8, 4) is 0 Å². The predicted molar refractivity (Wildman–Crippen MR) is 79.6 cm³/mol. The molecule has 0 aromatic heterocycles. The standard InChI is InChI=1S/C17H19NO4/c1-3-9-21-16(20)14-10-13-11-22-17(2,18(13)15(14)19)12-7-5-4-6-8-12/h3-8,13-14H,1,9-11H2,2H3/t13-,14+,17+/m0/s1. The van der Waals surface area contributed by atoms with Gasteiger partial charge in [-0.25, -0.2) is 0 Å². The minimum absolute atomic E-state index is 0.0843. The van der Waals surface area contributed by atoms with Crippen molar-refractivity contribution in [2.45, 2.75) is 25.1 Å². The predicted octanol–water partition coefficient (Wildman–Crippen LogP) is 1.84. The van der Waals surface area contributed by atoms with E-state index < -0.39 is 17.6 Å². The molecule has 2 heterocycles. The summed E-state index contributed by atoms with van der Waals surface area (Å²) < 4.78 is 10.9.